The van der Waals surface area contributed by atoms with Gasteiger partial charge in [0, 0.05) is 10.7 Å². The summed E-state index contributed by atoms with van der Waals surface area (Å²) in [5.41, 5.74) is 0.649. The molecular weight excluding hydrogens is 368 g/mol. The molecule has 1 saturated heterocycles. The van der Waals surface area contributed by atoms with Gasteiger partial charge in [0.1, 0.15) is 0 Å². The molecule has 2 rings (SSSR count). The van der Waals surface area contributed by atoms with Crippen molar-refractivity contribution in [2.24, 2.45) is 11.3 Å². The van der Waals surface area contributed by atoms with E-state index in [9.17, 15) is 0 Å². The highest BCUT2D eigenvalue weighted by atomic mass is 79.9. The lowest BCUT2D eigenvalue weighted by atomic mass is 9.79. The van der Waals surface area contributed by atoms with Gasteiger partial charge >= 0.3 is 0 Å². The molecule has 112 valence electrons. The van der Waals surface area contributed by atoms with Crippen molar-refractivity contribution in [1.82, 2.24) is 0 Å². The zero-order valence-corrected chi connectivity index (χ0v) is 15.6. The highest BCUT2D eigenvalue weighted by molar-refractivity contribution is 9.09. The van der Waals surface area contributed by atoms with E-state index >= 15 is 0 Å². The van der Waals surface area contributed by atoms with Gasteiger partial charge in [0.05, 0.1) is 11.7 Å². The van der Waals surface area contributed by atoms with E-state index in [0.29, 0.717) is 11.5 Å². The van der Waals surface area contributed by atoms with Gasteiger partial charge in [-0.3, -0.25) is 0 Å². The molecule has 0 radical (unpaired) electrons. The third-order valence-corrected chi connectivity index (χ3v) is 7.30. The van der Waals surface area contributed by atoms with Crippen LogP contribution in [0.3, 0.4) is 0 Å². The minimum absolute atomic E-state index is 0.285. The van der Waals surface area contributed by atoms with Gasteiger partial charge in [-0.15, -0.1) is 0 Å². The van der Waals surface area contributed by atoms with Gasteiger partial charge in [-0.2, -0.15) is 0 Å². The summed E-state index contributed by atoms with van der Waals surface area (Å²) >= 11 is 7.52. The van der Waals surface area contributed by atoms with Crippen molar-refractivity contribution in [3.05, 3.63) is 0 Å². The van der Waals surface area contributed by atoms with E-state index in [1.807, 2.05) is 0 Å². The summed E-state index contributed by atoms with van der Waals surface area (Å²) < 4.78 is 6.51. The molecule has 3 heteroatoms. The second kappa shape index (κ2) is 6.79. The molecule has 0 amide bonds. The van der Waals surface area contributed by atoms with Gasteiger partial charge in [0.25, 0.3) is 0 Å². The number of hydrogen-bond acceptors (Lipinski definition) is 1. The average Bonchev–Trinajstić information content (AvgIpc) is 2.99. The first kappa shape index (κ1) is 16.3. The Morgan fingerprint density at radius 2 is 1.79 bits per heavy atom. The van der Waals surface area contributed by atoms with Crippen LogP contribution in [0.15, 0.2) is 0 Å². The molecule has 2 aliphatic rings. The van der Waals surface area contributed by atoms with Crippen molar-refractivity contribution in [3.8, 4) is 0 Å². The summed E-state index contributed by atoms with van der Waals surface area (Å²) in [6, 6.07) is 0. The van der Waals surface area contributed by atoms with Crippen LogP contribution in [0.2, 0.25) is 0 Å². The van der Waals surface area contributed by atoms with E-state index in [1.54, 1.807) is 0 Å². The van der Waals surface area contributed by atoms with Gasteiger partial charge in [-0.05, 0) is 49.9 Å². The second-order valence-electron chi connectivity index (χ2n) is 7.24. The normalized spacial score (nSPS) is 26.7. The lowest BCUT2D eigenvalue weighted by Crippen LogP contribution is -2.33. The average molecular weight is 396 g/mol. The number of ether oxygens (including phenoxy) is 1. The second-order valence-corrected chi connectivity index (χ2v) is 8.36. The fraction of sp³-hybridized carbons (Fsp3) is 1.00. The Balaban J connectivity index is 1.94. The quantitative estimate of drug-likeness (QED) is 0.524. The van der Waals surface area contributed by atoms with Crippen molar-refractivity contribution in [2.75, 3.05) is 10.7 Å². The van der Waals surface area contributed by atoms with Crippen molar-refractivity contribution in [3.63, 3.8) is 0 Å². The molecule has 1 aliphatic carbocycles. The molecular formula is C16H28Br2O. The maximum absolute atomic E-state index is 6.51. The minimum atomic E-state index is 0.285. The molecule has 1 unspecified atom stereocenters. The summed E-state index contributed by atoms with van der Waals surface area (Å²) in [7, 11) is 0. The van der Waals surface area contributed by atoms with Crippen LogP contribution in [-0.2, 0) is 4.74 Å². The minimum Gasteiger partial charge on any atom is -0.372 e. The Hall–Kier alpha value is 0.920. The maximum atomic E-state index is 6.51. The molecule has 1 spiro atoms. The van der Waals surface area contributed by atoms with E-state index < -0.39 is 0 Å². The van der Waals surface area contributed by atoms with Crippen LogP contribution in [-0.4, -0.2) is 22.4 Å². The Morgan fingerprint density at radius 1 is 1.16 bits per heavy atom. The van der Waals surface area contributed by atoms with Gasteiger partial charge in [0.2, 0.25) is 0 Å². The van der Waals surface area contributed by atoms with E-state index in [2.05, 4.69) is 45.7 Å². The Labute approximate surface area is 135 Å². The third-order valence-electron chi connectivity index (χ3n) is 4.92. The standard InChI is InChI=1S/C16H28Br2O/c1-13(2)9-15(11-17,12-18)10-14-5-8-16(19-14)6-3-4-7-16/h13-14H,3-12H2,1-2H3. The van der Waals surface area contributed by atoms with Gasteiger partial charge < -0.3 is 4.74 Å². The molecule has 0 N–H and O–H groups in total. The van der Waals surface area contributed by atoms with Crippen LogP contribution in [0.1, 0.15) is 65.2 Å². The number of alkyl halides is 2. The molecule has 1 saturated carbocycles. The topological polar surface area (TPSA) is 9.23 Å². The van der Waals surface area contributed by atoms with Crippen LogP contribution >= 0.6 is 31.9 Å². The summed E-state index contributed by atoms with van der Waals surface area (Å²) in [6.45, 7) is 4.65. The summed E-state index contributed by atoms with van der Waals surface area (Å²) in [5, 5.41) is 2.16. The zero-order valence-electron chi connectivity index (χ0n) is 12.4. The molecule has 0 aromatic heterocycles. The predicted molar refractivity (Wildman–Crippen MR) is 89.4 cm³/mol. The first-order chi connectivity index (χ1) is 9.03. The summed E-state index contributed by atoms with van der Waals surface area (Å²) in [4.78, 5) is 0. The van der Waals surface area contributed by atoms with Gasteiger partial charge in [-0.25, -0.2) is 0 Å². The van der Waals surface area contributed by atoms with Crippen molar-refractivity contribution in [1.29, 1.82) is 0 Å². The Morgan fingerprint density at radius 3 is 2.32 bits per heavy atom. The highest BCUT2D eigenvalue weighted by Gasteiger charge is 2.44. The molecule has 0 aromatic carbocycles. The summed E-state index contributed by atoms with van der Waals surface area (Å²) in [5.74, 6) is 0.747. The molecule has 1 heterocycles. The van der Waals surface area contributed by atoms with E-state index in [0.717, 1.165) is 16.6 Å². The SMILES string of the molecule is CC(C)CC(CBr)(CBr)CC1CCC2(CCCC2)O1. The third kappa shape index (κ3) is 3.97. The predicted octanol–water partition coefficient (Wildman–Crippen LogP) is 5.69. The van der Waals surface area contributed by atoms with E-state index in [1.165, 1.54) is 51.4 Å². The summed E-state index contributed by atoms with van der Waals surface area (Å²) in [6.07, 6.45) is 10.9. The largest absolute Gasteiger partial charge is 0.372 e. The van der Waals surface area contributed by atoms with Crippen molar-refractivity contribution in [2.45, 2.75) is 76.9 Å². The van der Waals surface area contributed by atoms with Crippen LogP contribution in [0, 0.1) is 11.3 Å². The van der Waals surface area contributed by atoms with Crippen LogP contribution in [0.25, 0.3) is 0 Å². The molecule has 0 aromatic rings. The fourth-order valence-corrected chi connectivity index (χ4v) is 5.96. The molecule has 1 atom stereocenters. The first-order valence-electron chi connectivity index (χ1n) is 7.83. The monoisotopic (exact) mass is 394 g/mol. The molecule has 1 nitrogen and oxygen atoms in total. The van der Waals surface area contributed by atoms with Crippen molar-refractivity contribution >= 4 is 31.9 Å². The maximum Gasteiger partial charge on any atom is 0.0687 e. The van der Waals surface area contributed by atoms with Gasteiger partial charge in [0.15, 0.2) is 0 Å². The molecule has 0 bridgehead atoms. The lowest BCUT2D eigenvalue weighted by molar-refractivity contribution is -0.0508. The van der Waals surface area contributed by atoms with Crippen molar-refractivity contribution < 1.29 is 4.74 Å². The molecule has 1 aliphatic heterocycles. The number of rotatable bonds is 6. The fourth-order valence-electron chi connectivity index (χ4n) is 4.11. The number of halogens is 2. The first-order valence-corrected chi connectivity index (χ1v) is 10.1. The van der Waals surface area contributed by atoms with Crippen LogP contribution < -0.4 is 0 Å². The van der Waals surface area contributed by atoms with E-state index in [4.69, 9.17) is 4.74 Å². The lowest BCUT2D eigenvalue weighted by Gasteiger charge is -2.35. The van der Waals surface area contributed by atoms with Gasteiger partial charge in [-0.1, -0.05) is 58.5 Å². The zero-order chi connectivity index (χ0) is 13.9. The Kier molecular flexibility index (Phi) is 5.82. The smallest absolute Gasteiger partial charge is 0.0687 e. The van der Waals surface area contributed by atoms with Crippen LogP contribution in [0.5, 0.6) is 0 Å². The Bertz CT molecular complexity index is 280. The molecule has 2 fully saturated rings. The molecule has 19 heavy (non-hydrogen) atoms. The number of hydrogen-bond donors (Lipinski definition) is 0. The van der Waals surface area contributed by atoms with E-state index in [-0.39, 0.29) is 5.60 Å². The van der Waals surface area contributed by atoms with Crippen LogP contribution in [0.4, 0.5) is 0 Å². The highest BCUT2D eigenvalue weighted by Crippen LogP contribution is 2.47.